The molecule has 5 rings (SSSR count). The van der Waals surface area contributed by atoms with Gasteiger partial charge in [0.2, 0.25) is 0 Å². The Morgan fingerprint density at radius 3 is 2.69 bits per heavy atom. The third-order valence-electron chi connectivity index (χ3n) is 6.92. The van der Waals surface area contributed by atoms with Gasteiger partial charge in [-0.25, -0.2) is 4.98 Å². The Kier molecular flexibility index (Phi) is 5.81. The minimum atomic E-state index is -0.841. The van der Waals surface area contributed by atoms with Crippen molar-refractivity contribution in [1.29, 1.82) is 0 Å². The molecule has 35 heavy (non-hydrogen) atoms. The van der Waals surface area contributed by atoms with Gasteiger partial charge in [-0.3, -0.25) is 19.4 Å². The third kappa shape index (κ3) is 3.57. The smallest absolute Gasteiger partial charge is 0.311 e. The number of aliphatic hydroxyl groups is 1. The first-order valence-electron chi connectivity index (χ1n) is 11.2. The highest BCUT2D eigenvalue weighted by Crippen LogP contribution is 2.49. The van der Waals surface area contributed by atoms with Gasteiger partial charge in [0, 0.05) is 42.7 Å². The molecule has 1 fully saturated rings. The van der Waals surface area contributed by atoms with E-state index < -0.39 is 35.8 Å². The van der Waals surface area contributed by atoms with Crippen molar-refractivity contribution in [2.45, 2.75) is 18.6 Å². The van der Waals surface area contributed by atoms with Gasteiger partial charge in [-0.05, 0) is 29.8 Å². The van der Waals surface area contributed by atoms with Gasteiger partial charge in [0.15, 0.2) is 0 Å². The van der Waals surface area contributed by atoms with Crippen LogP contribution in [-0.4, -0.2) is 63.3 Å². The number of rotatable bonds is 5. The van der Waals surface area contributed by atoms with Crippen LogP contribution in [0.4, 0.5) is 0 Å². The molecule has 10 heteroatoms. The summed E-state index contributed by atoms with van der Waals surface area (Å²) in [5, 5.41) is 10.3. The molecular weight excluding hydrogens is 452 g/mol. The molecule has 1 amide bonds. The number of pyridine rings is 1. The van der Waals surface area contributed by atoms with Crippen LogP contribution in [0.2, 0.25) is 0 Å². The molecule has 0 aliphatic carbocycles. The van der Waals surface area contributed by atoms with E-state index in [1.54, 1.807) is 46.9 Å². The molecular formula is C25H24N4O6. The van der Waals surface area contributed by atoms with Crippen molar-refractivity contribution in [1.82, 2.24) is 19.4 Å². The number of nitrogens with zero attached hydrogens (tertiary/aromatic N) is 4. The lowest BCUT2D eigenvalue weighted by molar-refractivity contribution is -0.148. The summed E-state index contributed by atoms with van der Waals surface area (Å²) in [6.45, 7) is -0.232. The van der Waals surface area contributed by atoms with E-state index in [1.165, 1.54) is 25.7 Å². The maximum atomic E-state index is 13.6. The fourth-order valence-corrected chi connectivity index (χ4v) is 5.34. The van der Waals surface area contributed by atoms with Crippen molar-refractivity contribution >= 4 is 11.9 Å². The van der Waals surface area contributed by atoms with Crippen molar-refractivity contribution in [3.63, 3.8) is 0 Å². The average molecular weight is 476 g/mol. The quantitative estimate of drug-likeness (QED) is 0.547. The number of hydrogen-bond acceptors (Lipinski definition) is 8. The van der Waals surface area contributed by atoms with Crippen LogP contribution in [0.25, 0.3) is 11.1 Å². The van der Waals surface area contributed by atoms with Crippen LogP contribution in [0.1, 0.15) is 22.2 Å². The lowest BCUT2D eigenvalue weighted by atomic mass is 9.87. The molecule has 2 aliphatic rings. The summed E-state index contributed by atoms with van der Waals surface area (Å²) in [6.07, 6.45) is 4.24. The normalized spacial score (nSPS) is 22.4. The largest absolute Gasteiger partial charge is 0.497 e. The zero-order valence-corrected chi connectivity index (χ0v) is 19.2. The summed E-state index contributed by atoms with van der Waals surface area (Å²) in [6, 6.07) is 9.22. The van der Waals surface area contributed by atoms with Gasteiger partial charge >= 0.3 is 5.97 Å². The Morgan fingerprint density at radius 2 is 2.00 bits per heavy atom. The van der Waals surface area contributed by atoms with E-state index in [0.717, 1.165) is 0 Å². The number of aliphatic hydroxyl groups excluding tert-OH is 1. The second kappa shape index (κ2) is 8.95. The molecule has 3 aromatic rings. The van der Waals surface area contributed by atoms with Crippen LogP contribution >= 0.6 is 0 Å². The fourth-order valence-electron chi connectivity index (χ4n) is 5.34. The summed E-state index contributed by atoms with van der Waals surface area (Å²) < 4.78 is 11.9. The number of methoxy groups -OCH3 is 2. The van der Waals surface area contributed by atoms with E-state index in [4.69, 9.17) is 9.47 Å². The monoisotopic (exact) mass is 476 g/mol. The molecule has 0 unspecified atom stereocenters. The fraction of sp³-hybridized carbons (Fsp3) is 0.320. The summed E-state index contributed by atoms with van der Waals surface area (Å²) in [5.41, 5.74) is 1.53. The zero-order valence-electron chi connectivity index (χ0n) is 19.2. The predicted molar refractivity (Wildman–Crippen MR) is 124 cm³/mol. The van der Waals surface area contributed by atoms with Gasteiger partial charge in [-0.15, -0.1) is 0 Å². The topological polar surface area (TPSA) is 124 Å². The van der Waals surface area contributed by atoms with E-state index in [1.807, 2.05) is 6.07 Å². The maximum absolute atomic E-state index is 13.6. The maximum Gasteiger partial charge on any atom is 0.311 e. The lowest BCUT2D eigenvalue weighted by Gasteiger charge is -2.38. The number of fused-ring (bicyclic) bond motifs is 4. The lowest BCUT2D eigenvalue weighted by Crippen LogP contribution is -2.49. The Bertz CT molecular complexity index is 1340. The molecule has 0 saturated carbocycles. The number of amides is 1. The van der Waals surface area contributed by atoms with Crippen LogP contribution in [-0.2, 0) is 16.1 Å². The van der Waals surface area contributed by atoms with Crippen molar-refractivity contribution in [2.75, 3.05) is 20.8 Å². The molecule has 1 N–H and O–H groups in total. The number of benzene rings is 1. The van der Waals surface area contributed by atoms with Crippen molar-refractivity contribution < 1.29 is 24.2 Å². The van der Waals surface area contributed by atoms with Gasteiger partial charge in [-0.2, -0.15) is 0 Å². The van der Waals surface area contributed by atoms with Gasteiger partial charge in [0.05, 0.1) is 38.4 Å². The second-order valence-electron chi connectivity index (χ2n) is 8.53. The van der Waals surface area contributed by atoms with E-state index >= 15 is 0 Å². The Hall–Kier alpha value is -4.05. The summed E-state index contributed by atoms with van der Waals surface area (Å²) >= 11 is 0. The third-order valence-corrected chi connectivity index (χ3v) is 6.92. The van der Waals surface area contributed by atoms with Crippen LogP contribution in [0.3, 0.4) is 0 Å². The van der Waals surface area contributed by atoms with E-state index in [0.29, 0.717) is 22.6 Å². The Morgan fingerprint density at radius 1 is 1.17 bits per heavy atom. The molecule has 10 nitrogen and oxygen atoms in total. The molecule has 1 aromatic carbocycles. The molecule has 2 aromatic heterocycles. The second-order valence-corrected chi connectivity index (χ2v) is 8.53. The van der Waals surface area contributed by atoms with Crippen molar-refractivity contribution in [3.05, 3.63) is 76.7 Å². The number of hydrogen-bond donors (Lipinski definition) is 1. The van der Waals surface area contributed by atoms with Crippen LogP contribution < -0.4 is 10.3 Å². The van der Waals surface area contributed by atoms with Gasteiger partial charge < -0.3 is 24.0 Å². The van der Waals surface area contributed by atoms with Crippen molar-refractivity contribution in [2.24, 2.45) is 11.8 Å². The van der Waals surface area contributed by atoms with E-state index in [2.05, 4.69) is 9.97 Å². The number of carbonyl (C=O) groups is 2. The molecule has 180 valence electrons. The standard InChI is InChI=1S/C25H24N4O6/c1-34-15-5-3-4-14(10-15)16-6-7-19-22-21(25(33)35-2)17(13-30)20(12-28(19)23(16)31)29(22)24(32)18-11-26-8-9-27-18/h3-11,17,20-22,30H,12-13H2,1-2H3/t17-,20-,21+,22+/m0/s1. The summed E-state index contributed by atoms with van der Waals surface area (Å²) in [4.78, 5) is 49.7. The minimum Gasteiger partial charge on any atom is -0.497 e. The number of esters is 1. The molecule has 2 aliphatic heterocycles. The van der Waals surface area contributed by atoms with Gasteiger partial charge in [0.25, 0.3) is 11.5 Å². The molecule has 0 radical (unpaired) electrons. The highest BCUT2D eigenvalue weighted by atomic mass is 16.5. The number of ether oxygens (including phenoxy) is 2. The highest BCUT2D eigenvalue weighted by molar-refractivity contribution is 5.93. The number of aromatic nitrogens is 3. The summed E-state index contributed by atoms with van der Waals surface area (Å²) in [5.74, 6) is -1.81. The van der Waals surface area contributed by atoms with Gasteiger partial charge in [-0.1, -0.05) is 12.1 Å². The molecule has 2 bridgehead atoms. The zero-order chi connectivity index (χ0) is 24.7. The SMILES string of the molecule is COC(=O)[C@@H]1[C@@H](CO)[C@@H]2Cn3c(ccc(-c4cccc(OC)c4)c3=O)[C@H]1N2C(=O)c1cnccn1. The highest BCUT2D eigenvalue weighted by Gasteiger charge is 2.58. The first-order valence-corrected chi connectivity index (χ1v) is 11.2. The van der Waals surface area contributed by atoms with E-state index in [-0.39, 0.29) is 24.4 Å². The first kappa shape index (κ1) is 22.7. The van der Waals surface area contributed by atoms with Crippen molar-refractivity contribution in [3.8, 4) is 16.9 Å². The van der Waals surface area contributed by atoms with Gasteiger partial charge in [0.1, 0.15) is 11.4 Å². The van der Waals surface area contributed by atoms with Crippen LogP contribution in [0.5, 0.6) is 5.75 Å². The molecule has 4 heterocycles. The summed E-state index contributed by atoms with van der Waals surface area (Å²) in [7, 11) is 2.83. The molecule has 0 spiro atoms. The van der Waals surface area contributed by atoms with Crippen LogP contribution in [0, 0.1) is 11.8 Å². The Balaban J connectivity index is 1.66. The number of carbonyl (C=O) groups excluding carboxylic acids is 2. The minimum absolute atomic E-state index is 0.118. The van der Waals surface area contributed by atoms with E-state index in [9.17, 15) is 19.5 Å². The predicted octanol–water partition coefficient (Wildman–Crippen LogP) is 1.29. The molecule has 4 atom stereocenters. The first-order chi connectivity index (χ1) is 17.0. The average Bonchev–Trinajstić information content (AvgIpc) is 3.14. The Labute approximate surface area is 200 Å². The molecule has 1 saturated heterocycles. The van der Waals surface area contributed by atoms with Crippen LogP contribution in [0.15, 0.2) is 59.8 Å².